The molecule has 0 aliphatic carbocycles. The van der Waals surface area contributed by atoms with E-state index in [4.69, 9.17) is 15.2 Å². The van der Waals surface area contributed by atoms with Gasteiger partial charge in [0.2, 0.25) is 0 Å². The molecule has 2 heterocycles. The summed E-state index contributed by atoms with van der Waals surface area (Å²) in [5, 5.41) is 0. The molecule has 5 nitrogen and oxygen atoms in total. The minimum Gasteiger partial charge on any atom is -0.376 e. The highest BCUT2D eigenvalue weighted by Gasteiger charge is 2.33. The van der Waals surface area contributed by atoms with Gasteiger partial charge >= 0.3 is 0 Å². The number of rotatable bonds is 5. The second-order valence-electron chi connectivity index (χ2n) is 5.07. The average Bonchev–Trinajstić information content (AvgIpc) is 3.06. The number of carbonyl (C=O) groups excluding carboxylic acids is 1. The highest BCUT2D eigenvalue weighted by Crippen LogP contribution is 2.22. The first kappa shape index (κ1) is 13.8. The normalized spacial score (nSPS) is 31.8. The van der Waals surface area contributed by atoms with Gasteiger partial charge in [0.05, 0.1) is 12.2 Å². The van der Waals surface area contributed by atoms with Gasteiger partial charge < -0.3 is 20.1 Å². The summed E-state index contributed by atoms with van der Waals surface area (Å²) in [6.45, 7) is 4.74. The lowest BCUT2D eigenvalue weighted by atomic mass is 10.1. The minimum atomic E-state index is -0.292. The molecular weight excluding hydrogens is 232 g/mol. The molecule has 0 saturated carbocycles. The van der Waals surface area contributed by atoms with Gasteiger partial charge in [-0.25, -0.2) is 0 Å². The smallest absolute Gasteiger partial charge is 0.251 e. The second kappa shape index (κ2) is 6.50. The number of hydrogen-bond acceptors (Lipinski definition) is 4. The number of carbonyl (C=O) groups is 1. The Kier molecular flexibility index (Phi) is 4.97. The molecule has 0 aromatic heterocycles. The molecule has 1 amide bonds. The Morgan fingerprint density at radius 2 is 2.17 bits per heavy atom. The summed E-state index contributed by atoms with van der Waals surface area (Å²) in [5.74, 6) is 0.101. The van der Waals surface area contributed by atoms with E-state index in [1.165, 1.54) is 0 Å². The molecule has 0 radical (unpaired) electrons. The fourth-order valence-corrected chi connectivity index (χ4v) is 2.67. The van der Waals surface area contributed by atoms with E-state index in [0.717, 1.165) is 32.3 Å². The molecule has 18 heavy (non-hydrogen) atoms. The summed E-state index contributed by atoms with van der Waals surface area (Å²) >= 11 is 0. The fraction of sp³-hybridized carbons (Fsp3) is 0.923. The second-order valence-corrected chi connectivity index (χ2v) is 5.07. The van der Waals surface area contributed by atoms with Crippen molar-refractivity contribution >= 4 is 5.91 Å². The van der Waals surface area contributed by atoms with Gasteiger partial charge in [0, 0.05) is 26.2 Å². The summed E-state index contributed by atoms with van der Waals surface area (Å²) in [4.78, 5) is 14.2. The highest BCUT2D eigenvalue weighted by molar-refractivity contribution is 5.81. The fourth-order valence-electron chi connectivity index (χ4n) is 2.67. The Bertz CT molecular complexity index is 279. The van der Waals surface area contributed by atoms with Gasteiger partial charge in [-0.1, -0.05) is 0 Å². The van der Waals surface area contributed by atoms with Gasteiger partial charge in [-0.05, 0) is 32.6 Å². The zero-order valence-corrected chi connectivity index (χ0v) is 11.1. The maximum Gasteiger partial charge on any atom is 0.251 e. The largest absolute Gasteiger partial charge is 0.376 e. The van der Waals surface area contributed by atoms with Crippen molar-refractivity contribution in [3.05, 3.63) is 0 Å². The average molecular weight is 256 g/mol. The number of hydrogen-bond donors (Lipinski definition) is 1. The lowest BCUT2D eigenvalue weighted by Gasteiger charge is -2.26. The van der Waals surface area contributed by atoms with Crippen molar-refractivity contribution in [3.63, 3.8) is 0 Å². The Morgan fingerprint density at radius 3 is 2.72 bits per heavy atom. The maximum atomic E-state index is 12.3. The minimum absolute atomic E-state index is 0.0559. The molecule has 2 fully saturated rings. The molecule has 0 aromatic carbocycles. The van der Waals surface area contributed by atoms with Crippen molar-refractivity contribution < 1.29 is 14.3 Å². The van der Waals surface area contributed by atoms with Crippen LogP contribution in [0.15, 0.2) is 0 Å². The molecule has 2 aliphatic rings. The zero-order chi connectivity index (χ0) is 13.0. The van der Waals surface area contributed by atoms with Crippen LogP contribution in [0.2, 0.25) is 0 Å². The molecule has 3 unspecified atom stereocenters. The van der Waals surface area contributed by atoms with Gasteiger partial charge in [0.25, 0.3) is 5.91 Å². The monoisotopic (exact) mass is 256 g/mol. The molecule has 3 atom stereocenters. The lowest BCUT2D eigenvalue weighted by molar-refractivity contribution is -0.144. The van der Waals surface area contributed by atoms with E-state index in [9.17, 15) is 4.79 Å². The van der Waals surface area contributed by atoms with Crippen molar-refractivity contribution in [2.75, 3.05) is 26.2 Å². The molecule has 5 heteroatoms. The molecule has 0 spiro atoms. The topological polar surface area (TPSA) is 64.8 Å². The van der Waals surface area contributed by atoms with Gasteiger partial charge in [0.15, 0.2) is 0 Å². The van der Waals surface area contributed by atoms with Crippen LogP contribution < -0.4 is 5.73 Å². The number of likely N-dealkylation sites (N-methyl/N-ethyl adjacent to an activating group) is 1. The summed E-state index contributed by atoms with van der Waals surface area (Å²) in [6, 6.07) is 0. The van der Waals surface area contributed by atoms with Gasteiger partial charge in [-0.15, -0.1) is 0 Å². The zero-order valence-electron chi connectivity index (χ0n) is 11.1. The van der Waals surface area contributed by atoms with E-state index in [2.05, 4.69) is 0 Å². The van der Waals surface area contributed by atoms with E-state index in [1.807, 2.05) is 11.8 Å². The molecule has 2 aliphatic heterocycles. The standard InChI is InChI=1S/C13H24N2O3/c1-2-15(9-11-4-3-7-17-11)13(16)12-6-5-10(8-14)18-12/h10-12H,2-9,14H2,1H3. The van der Waals surface area contributed by atoms with E-state index < -0.39 is 0 Å². The maximum absolute atomic E-state index is 12.3. The quantitative estimate of drug-likeness (QED) is 0.779. The van der Waals surface area contributed by atoms with Crippen LogP contribution in [-0.2, 0) is 14.3 Å². The number of ether oxygens (including phenoxy) is 2. The molecule has 2 N–H and O–H groups in total. The molecule has 2 rings (SSSR count). The van der Waals surface area contributed by atoms with Crippen LogP contribution in [-0.4, -0.2) is 55.4 Å². The highest BCUT2D eigenvalue weighted by atomic mass is 16.5. The third-order valence-electron chi connectivity index (χ3n) is 3.79. The summed E-state index contributed by atoms with van der Waals surface area (Å²) in [7, 11) is 0. The first-order valence-electron chi connectivity index (χ1n) is 7.00. The predicted octanol–water partition coefficient (Wildman–Crippen LogP) is 0.520. The van der Waals surface area contributed by atoms with E-state index in [1.54, 1.807) is 0 Å². The van der Waals surface area contributed by atoms with Gasteiger partial charge in [-0.3, -0.25) is 4.79 Å². The summed E-state index contributed by atoms with van der Waals surface area (Å²) in [5.41, 5.74) is 5.57. The predicted molar refractivity (Wildman–Crippen MR) is 68.2 cm³/mol. The van der Waals surface area contributed by atoms with Crippen molar-refractivity contribution in [2.45, 2.75) is 50.9 Å². The van der Waals surface area contributed by atoms with E-state index in [-0.39, 0.29) is 24.2 Å². The van der Waals surface area contributed by atoms with Crippen LogP contribution >= 0.6 is 0 Å². The molecular formula is C13H24N2O3. The van der Waals surface area contributed by atoms with Gasteiger partial charge in [0.1, 0.15) is 6.10 Å². The van der Waals surface area contributed by atoms with Crippen LogP contribution in [0.4, 0.5) is 0 Å². The Labute approximate surface area is 109 Å². The molecule has 104 valence electrons. The first-order chi connectivity index (χ1) is 8.74. The summed E-state index contributed by atoms with van der Waals surface area (Å²) < 4.78 is 11.2. The Morgan fingerprint density at radius 1 is 1.33 bits per heavy atom. The van der Waals surface area contributed by atoms with Crippen LogP contribution in [0.25, 0.3) is 0 Å². The molecule has 2 saturated heterocycles. The van der Waals surface area contributed by atoms with Gasteiger partial charge in [-0.2, -0.15) is 0 Å². The Hall–Kier alpha value is -0.650. The Balaban J connectivity index is 1.85. The van der Waals surface area contributed by atoms with Crippen molar-refractivity contribution in [1.29, 1.82) is 0 Å². The SMILES string of the molecule is CCN(CC1CCCO1)C(=O)C1CCC(CN)O1. The van der Waals surface area contributed by atoms with Crippen LogP contribution in [0.3, 0.4) is 0 Å². The number of amides is 1. The lowest BCUT2D eigenvalue weighted by Crippen LogP contribution is -2.43. The number of nitrogens with two attached hydrogens (primary N) is 1. The van der Waals surface area contributed by atoms with Crippen LogP contribution in [0.1, 0.15) is 32.6 Å². The van der Waals surface area contributed by atoms with E-state index >= 15 is 0 Å². The molecule has 0 aromatic rings. The van der Waals surface area contributed by atoms with Crippen molar-refractivity contribution in [3.8, 4) is 0 Å². The van der Waals surface area contributed by atoms with Crippen LogP contribution in [0, 0.1) is 0 Å². The number of nitrogens with zero attached hydrogens (tertiary/aromatic N) is 1. The summed E-state index contributed by atoms with van der Waals surface area (Å²) in [6.07, 6.45) is 3.82. The third kappa shape index (κ3) is 3.22. The molecule has 0 bridgehead atoms. The van der Waals surface area contributed by atoms with Crippen molar-refractivity contribution in [2.24, 2.45) is 5.73 Å². The van der Waals surface area contributed by atoms with Crippen molar-refractivity contribution in [1.82, 2.24) is 4.90 Å². The third-order valence-corrected chi connectivity index (χ3v) is 3.79. The van der Waals surface area contributed by atoms with E-state index in [0.29, 0.717) is 19.6 Å². The van der Waals surface area contributed by atoms with Crippen LogP contribution in [0.5, 0.6) is 0 Å². The first-order valence-corrected chi connectivity index (χ1v) is 7.00.